The molecular formula is C20H26ClN3O. The van der Waals surface area contributed by atoms with Crippen molar-refractivity contribution in [2.24, 2.45) is 5.73 Å². The van der Waals surface area contributed by atoms with Crippen LogP contribution in [0.5, 0.6) is 0 Å². The van der Waals surface area contributed by atoms with Crippen LogP contribution < -0.4 is 10.6 Å². The van der Waals surface area contributed by atoms with Crippen molar-refractivity contribution in [3.63, 3.8) is 0 Å². The van der Waals surface area contributed by atoms with Crippen LogP contribution in [-0.4, -0.2) is 43.5 Å². The number of carbonyl (C=O) groups excluding carboxylic acids is 1. The van der Waals surface area contributed by atoms with Crippen LogP contribution in [0.2, 0.25) is 0 Å². The molecule has 0 aliphatic carbocycles. The van der Waals surface area contributed by atoms with Crippen LogP contribution in [-0.2, 0) is 17.6 Å². The van der Waals surface area contributed by atoms with Gasteiger partial charge in [-0.05, 0) is 30.0 Å². The van der Waals surface area contributed by atoms with Gasteiger partial charge >= 0.3 is 0 Å². The van der Waals surface area contributed by atoms with Crippen LogP contribution in [0.4, 0.5) is 5.69 Å². The Morgan fingerprint density at radius 2 is 1.76 bits per heavy atom. The van der Waals surface area contributed by atoms with Gasteiger partial charge in [-0.25, -0.2) is 0 Å². The number of anilines is 1. The van der Waals surface area contributed by atoms with Gasteiger partial charge in [0.05, 0.1) is 6.54 Å². The number of amides is 1. The van der Waals surface area contributed by atoms with Crippen LogP contribution in [0.3, 0.4) is 0 Å². The second-order valence-corrected chi connectivity index (χ2v) is 6.22. The SMILES string of the molecule is Cl.NCCN(CCc1ccccc1)CC(=O)N1CCc2ccccc21. The maximum atomic E-state index is 12.7. The molecule has 0 aromatic heterocycles. The Labute approximate surface area is 156 Å². The van der Waals surface area contributed by atoms with E-state index in [0.29, 0.717) is 13.1 Å². The molecule has 0 unspecified atom stereocenters. The van der Waals surface area contributed by atoms with E-state index in [1.807, 2.05) is 29.2 Å². The van der Waals surface area contributed by atoms with Crippen molar-refractivity contribution in [3.8, 4) is 0 Å². The smallest absolute Gasteiger partial charge is 0.241 e. The van der Waals surface area contributed by atoms with E-state index in [9.17, 15) is 4.79 Å². The molecule has 1 aliphatic rings. The lowest BCUT2D eigenvalue weighted by atomic mass is 10.1. The predicted molar refractivity (Wildman–Crippen MR) is 105 cm³/mol. The number of para-hydroxylation sites is 1. The van der Waals surface area contributed by atoms with E-state index in [1.165, 1.54) is 11.1 Å². The van der Waals surface area contributed by atoms with E-state index in [2.05, 4.69) is 35.2 Å². The Bertz CT molecular complexity index is 678. The lowest BCUT2D eigenvalue weighted by Crippen LogP contribution is -2.42. The number of fused-ring (bicyclic) bond motifs is 1. The van der Waals surface area contributed by atoms with E-state index in [4.69, 9.17) is 5.73 Å². The summed E-state index contributed by atoms with van der Waals surface area (Å²) in [6.45, 7) is 3.38. The Hall–Kier alpha value is -1.88. The first-order valence-corrected chi connectivity index (χ1v) is 8.62. The fourth-order valence-corrected chi connectivity index (χ4v) is 3.26. The first kappa shape index (κ1) is 19.4. The molecule has 0 bridgehead atoms. The number of halogens is 1. The highest BCUT2D eigenvalue weighted by atomic mass is 35.5. The van der Waals surface area contributed by atoms with Gasteiger partial charge in [0.15, 0.2) is 0 Å². The summed E-state index contributed by atoms with van der Waals surface area (Å²) in [4.78, 5) is 16.8. The van der Waals surface area contributed by atoms with Crippen molar-refractivity contribution in [1.82, 2.24) is 4.90 Å². The molecule has 25 heavy (non-hydrogen) atoms. The van der Waals surface area contributed by atoms with Crippen LogP contribution in [0, 0.1) is 0 Å². The maximum absolute atomic E-state index is 12.7. The molecule has 2 aromatic carbocycles. The highest BCUT2D eigenvalue weighted by Gasteiger charge is 2.25. The van der Waals surface area contributed by atoms with Gasteiger partial charge in [0.2, 0.25) is 5.91 Å². The zero-order valence-electron chi connectivity index (χ0n) is 14.4. The first-order chi connectivity index (χ1) is 11.8. The van der Waals surface area contributed by atoms with Gasteiger partial charge in [-0.3, -0.25) is 9.69 Å². The lowest BCUT2D eigenvalue weighted by Gasteiger charge is -2.25. The molecule has 2 aromatic rings. The van der Waals surface area contributed by atoms with Crippen molar-refractivity contribution in [1.29, 1.82) is 0 Å². The summed E-state index contributed by atoms with van der Waals surface area (Å²) in [5, 5.41) is 0. The van der Waals surface area contributed by atoms with Gasteiger partial charge in [0.25, 0.3) is 0 Å². The largest absolute Gasteiger partial charge is 0.329 e. The van der Waals surface area contributed by atoms with Crippen molar-refractivity contribution in [3.05, 3.63) is 65.7 Å². The minimum atomic E-state index is 0. The van der Waals surface area contributed by atoms with Crippen LogP contribution in [0.15, 0.2) is 54.6 Å². The summed E-state index contributed by atoms with van der Waals surface area (Å²) in [5.41, 5.74) is 9.36. The summed E-state index contributed by atoms with van der Waals surface area (Å²) in [5.74, 6) is 0.168. The van der Waals surface area contributed by atoms with Crippen LogP contribution >= 0.6 is 12.4 Å². The molecule has 4 nitrogen and oxygen atoms in total. The predicted octanol–water partition coefficient (Wildman–Crippen LogP) is 2.50. The number of nitrogens with zero attached hydrogens (tertiary/aromatic N) is 2. The first-order valence-electron chi connectivity index (χ1n) is 8.62. The van der Waals surface area contributed by atoms with E-state index in [0.717, 1.165) is 38.2 Å². The summed E-state index contributed by atoms with van der Waals surface area (Å²) in [6, 6.07) is 18.6. The third-order valence-electron chi connectivity index (χ3n) is 4.55. The van der Waals surface area contributed by atoms with Crippen molar-refractivity contribution in [2.75, 3.05) is 37.6 Å². The quantitative estimate of drug-likeness (QED) is 0.826. The molecule has 2 N–H and O–H groups in total. The summed E-state index contributed by atoms with van der Waals surface area (Å²) in [6.07, 6.45) is 1.88. The van der Waals surface area contributed by atoms with E-state index >= 15 is 0 Å². The Morgan fingerprint density at radius 1 is 1.04 bits per heavy atom. The number of hydrogen-bond acceptors (Lipinski definition) is 3. The van der Waals surface area contributed by atoms with Gasteiger partial charge in [-0.2, -0.15) is 0 Å². The van der Waals surface area contributed by atoms with E-state index in [1.54, 1.807) is 0 Å². The average molecular weight is 360 g/mol. The molecule has 1 aliphatic heterocycles. The number of hydrogen-bond donors (Lipinski definition) is 1. The zero-order valence-corrected chi connectivity index (χ0v) is 15.3. The van der Waals surface area contributed by atoms with Gasteiger partial charge in [-0.15, -0.1) is 12.4 Å². The zero-order chi connectivity index (χ0) is 16.8. The molecule has 1 amide bonds. The minimum Gasteiger partial charge on any atom is -0.329 e. The minimum absolute atomic E-state index is 0. The molecule has 0 spiro atoms. The number of rotatable bonds is 7. The fraction of sp³-hybridized carbons (Fsp3) is 0.350. The molecule has 5 heteroatoms. The average Bonchev–Trinajstić information content (AvgIpc) is 3.05. The van der Waals surface area contributed by atoms with E-state index in [-0.39, 0.29) is 18.3 Å². The Balaban J connectivity index is 0.00000225. The Kier molecular flexibility index (Phi) is 7.44. The van der Waals surface area contributed by atoms with Crippen molar-refractivity contribution >= 4 is 24.0 Å². The monoisotopic (exact) mass is 359 g/mol. The molecule has 0 fully saturated rings. The molecule has 0 atom stereocenters. The third-order valence-corrected chi connectivity index (χ3v) is 4.55. The number of carbonyl (C=O) groups is 1. The van der Waals surface area contributed by atoms with E-state index < -0.39 is 0 Å². The number of nitrogens with two attached hydrogens (primary N) is 1. The van der Waals surface area contributed by atoms with Crippen molar-refractivity contribution < 1.29 is 4.79 Å². The number of benzene rings is 2. The molecule has 134 valence electrons. The second kappa shape index (κ2) is 9.56. The van der Waals surface area contributed by atoms with Gasteiger partial charge in [0, 0.05) is 31.9 Å². The maximum Gasteiger partial charge on any atom is 0.241 e. The Morgan fingerprint density at radius 3 is 2.52 bits per heavy atom. The summed E-state index contributed by atoms with van der Waals surface area (Å²) in [7, 11) is 0. The molecular weight excluding hydrogens is 334 g/mol. The topological polar surface area (TPSA) is 49.6 Å². The van der Waals surface area contributed by atoms with Gasteiger partial charge in [0.1, 0.15) is 0 Å². The molecule has 0 saturated heterocycles. The van der Waals surface area contributed by atoms with Gasteiger partial charge < -0.3 is 10.6 Å². The standard InChI is InChI=1S/C20H25N3O.ClH/c21-12-15-22(13-10-17-6-2-1-3-7-17)16-20(24)23-14-11-18-8-4-5-9-19(18)23;/h1-9H,10-16,21H2;1H. The normalized spacial score (nSPS) is 12.8. The summed E-state index contributed by atoms with van der Waals surface area (Å²) >= 11 is 0. The second-order valence-electron chi connectivity index (χ2n) is 6.22. The summed E-state index contributed by atoms with van der Waals surface area (Å²) < 4.78 is 0. The highest BCUT2D eigenvalue weighted by Crippen LogP contribution is 2.27. The molecule has 0 radical (unpaired) electrons. The molecule has 3 rings (SSSR count). The molecule has 1 heterocycles. The van der Waals surface area contributed by atoms with Gasteiger partial charge in [-0.1, -0.05) is 48.5 Å². The lowest BCUT2D eigenvalue weighted by molar-refractivity contribution is -0.119. The molecule has 0 saturated carbocycles. The third kappa shape index (κ3) is 5.05. The fourth-order valence-electron chi connectivity index (χ4n) is 3.26. The van der Waals surface area contributed by atoms with Crippen LogP contribution in [0.25, 0.3) is 0 Å². The highest BCUT2D eigenvalue weighted by molar-refractivity contribution is 5.96. The van der Waals surface area contributed by atoms with Crippen molar-refractivity contribution in [2.45, 2.75) is 12.8 Å². The van der Waals surface area contributed by atoms with Crippen LogP contribution in [0.1, 0.15) is 11.1 Å².